The van der Waals surface area contributed by atoms with Crippen LogP contribution in [0.4, 0.5) is 5.69 Å². The van der Waals surface area contributed by atoms with Gasteiger partial charge in [0.25, 0.3) is 0 Å². The Balaban J connectivity index is 3.39. The fraction of sp³-hybridized carbons (Fsp3) is 0.462. The maximum atomic E-state index is 5.35. The molecule has 16 heavy (non-hydrogen) atoms. The minimum atomic E-state index is 0.0932. The lowest BCUT2D eigenvalue weighted by Gasteiger charge is -2.21. The first kappa shape index (κ1) is 12.6. The van der Waals surface area contributed by atoms with E-state index in [9.17, 15) is 0 Å². The standard InChI is InChI=1S/C13H20N2O/c1-9-6-10(13(2,3)4)7-11(15-8-14)12(9)16-5/h6-8H,1-5H3,(H2,14,15). The summed E-state index contributed by atoms with van der Waals surface area (Å²) in [5, 5.41) is 0. The number of hydrogen-bond donors (Lipinski definition) is 1. The number of ether oxygens (including phenoxy) is 1. The van der Waals surface area contributed by atoms with Gasteiger partial charge in [0, 0.05) is 0 Å². The number of benzene rings is 1. The van der Waals surface area contributed by atoms with Gasteiger partial charge < -0.3 is 10.5 Å². The summed E-state index contributed by atoms with van der Waals surface area (Å²) in [4.78, 5) is 4.14. The second-order valence-corrected chi connectivity index (χ2v) is 4.87. The highest BCUT2D eigenvalue weighted by Gasteiger charge is 2.17. The first-order valence-electron chi connectivity index (χ1n) is 5.33. The van der Waals surface area contributed by atoms with Gasteiger partial charge in [-0.2, -0.15) is 0 Å². The molecular formula is C13H20N2O. The molecule has 0 heterocycles. The molecule has 0 spiro atoms. The maximum absolute atomic E-state index is 5.35. The van der Waals surface area contributed by atoms with Gasteiger partial charge in [-0.25, -0.2) is 4.99 Å². The fourth-order valence-electron chi connectivity index (χ4n) is 1.63. The van der Waals surface area contributed by atoms with Gasteiger partial charge in [0.1, 0.15) is 11.4 Å². The largest absolute Gasteiger partial charge is 0.494 e. The Kier molecular flexibility index (Phi) is 3.58. The molecule has 0 saturated heterocycles. The van der Waals surface area contributed by atoms with Crippen LogP contribution < -0.4 is 10.5 Å². The predicted molar refractivity (Wildman–Crippen MR) is 68.8 cm³/mol. The third kappa shape index (κ3) is 2.54. The molecule has 0 aromatic heterocycles. The molecule has 0 bridgehead atoms. The summed E-state index contributed by atoms with van der Waals surface area (Å²) in [6, 6.07) is 4.16. The SMILES string of the molecule is COc1c(C)cc(C(C)(C)C)cc1N=CN. The van der Waals surface area contributed by atoms with Crippen LogP contribution >= 0.6 is 0 Å². The van der Waals surface area contributed by atoms with Gasteiger partial charge in [0.15, 0.2) is 0 Å². The molecule has 3 nitrogen and oxygen atoms in total. The number of rotatable bonds is 2. The summed E-state index contributed by atoms with van der Waals surface area (Å²) >= 11 is 0. The molecule has 0 radical (unpaired) electrons. The number of nitrogens with zero attached hydrogens (tertiary/aromatic N) is 1. The van der Waals surface area contributed by atoms with Crippen molar-refractivity contribution in [1.29, 1.82) is 0 Å². The van der Waals surface area contributed by atoms with Crippen molar-refractivity contribution in [2.75, 3.05) is 7.11 Å². The fourth-order valence-corrected chi connectivity index (χ4v) is 1.63. The second-order valence-electron chi connectivity index (χ2n) is 4.87. The van der Waals surface area contributed by atoms with Gasteiger partial charge in [-0.05, 0) is 29.5 Å². The second kappa shape index (κ2) is 4.56. The third-order valence-corrected chi connectivity index (χ3v) is 2.54. The van der Waals surface area contributed by atoms with E-state index in [1.54, 1.807) is 7.11 Å². The number of methoxy groups -OCH3 is 1. The van der Waals surface area contributed by atoms with Crippen LogP contribution in [-0.2, 0) is 5.41 Å². The molecular weight excluding hydrogens is 200 g/mol. The number of aryl methyl sites for hydroxylation is 1. The smallest absolute Gasteiger partial charge is 0.147 e. The van der Waals surface area contributed by atoms with E-state index in [-0.39, 0.29) is 5.41 Å². The lowest BCUT2D eigenvalue weighted by atomic mass is 9.85. The molecule has 0 saturated carbocycles. The van der Waals surface area contributed by atoms with Gasteiger partial charge >= 0.3 is 0 Å². The Morgan fingerprint density at radius 3 is 2.38 bits per heavy atom. The van der Waals surface area contributed by atoms with Crippen LogP contribution in [0.25, 0.3) is 0 Å². The molecule has 0 aliphatic carbocycles. The lowest BCUT2D eigenvalue weighted by Crippen LogP contribution is -2.11. The lowest BCUT2D eigenvalue weighted by molar-refractivity contribution is 0.412. The molecule has 3 heteroatoms. The van der Waals surface area contributed by atoms with Crippen LogP contribution in [-0.4, -0.2) is 13.4 Å². The summed E-state index contributed by atoms with van der Waals surface area (Å²) in [6.07, 6.45) is 1.30. The van der Waals surface area contributed by atoms with E-state index in [1.807, 2.05) is 13.0 Å². The van der Waals surface area contributed by atoms with Crippen molar-refractivity contribution in [3.8, 4) is 5.75 Å². The molecule has 0 fully saturated rings. The Morgan fingerprint density at radius 2 is 1.94 bits per heavy atom. The van der Waals surface area contributed by atoms with E-state index < -0.39 is 0 Å². The molecule has 0 atom stereocenters. The van der Waals surface area contributed by atoms with Crippen LogP contribution in [0.15, 0.2) is 17.1 Å². The van der Waals surface area contributed by atoms with E-state index in [0.29, 0.717) is 0 Å². The van der Waals surface area contributed by atoms with Crippen molar-refractivity contribution < 1.29 is 4.74 Å². The minimum absolute atomic E-state index is 0.0932. The number of aliphatic imine (C=N–C) groups is 1. The molecule has 0 aliphatic heterocycles. The summed E-state index contributed by atoms with van der Waals surface area (Å²) in [5.41, 5.74) is 8.53. The van der Waals surface area contributed by atoms with Crippen molar-refractivity contribution in [3.05, 3.63) is 23.3 Å². The highest BCUT2D eigenvalue weighted by molar-refractivity contribution is 5.66. The third-order valence-electron chi connectivity index (χ3n) is 2.54. The van der Waals surface area contributed by atoms with Gasteiger partial charge in [0.05, 0.1) is 13.4 Å². The maximum Gasteiger partial charge on any atom is 0.147 e. The van der Waals surface area contributed by atoms with E-state index in [2.05, 4.69) is 31.8 Å². The quantitative estimate of drug-likeness (QED) is 0.615. The van der Waals surface area contributed by atoms with Crippen LogP contribution in [0.5, 0.6) is 5.75 Å². The van der Waals surface area contributed by atoms with E-state index in [4.69, 9.17) is 10.5 Å². The average molecular weight is 220 g/mol. The molecule has 1 aromatic carbocycles. The van der Waals surface area contributed by atoms with Crippen LogP contribution in [0, 0.1) is 6.92 Å². The monoisotopic (exact) mass is 220 g/mol. The number of nitrogens with two attached hydrogens (primary N) is 1. The van der Waals surface area contributed by atoms with Gasteiger partial charge in [0.2, 0.25) is 0 Å². The number of hydrogen-bond acceptors (Lipinski definition) is 2. The van der Waals surface area contributed by atoms with E-state index in [0.717, 1.165) is 17.0 Å². The Hall–Kier alpha value is -1.51. The van der Waals surface area contributed by atoms with E-state index >= 15 is 0 Å². The van der Waals surface area contributed by atoms with Gasteiger partial charge in [-0.3, -0.25) is 0 Å². The summed E-state index contributed by atoms with van der Waals surface area (Å²) < 4.78 is 5.33. The Bertz CT molecular complexity index is 403. The van der Waals surface area contributed by atoms with Crippen LogP contribution in [0.2, 0.25) is 0 Å². The molecule has 0 unspecified atom stereocenters. The first-order chi connectivity index (χ1) is 7.40. The molecule has 0 aliphatic rings. The zero-order valence-electron chi connectivity index (χ0n) is 10.7. The topological polar surface area (TPSA) is 47.6 Å². The van der Waals surface area contributed by atoms with Crippen LogP contribution in [0.1, 0.15) is 31.9 Å². The summed E-state index contributed by atoms with van der Waals surface area (Å²) in [5.74, 6) is 0.787. The average Bonchev–Trinajstić information content (AvgIpc) is 2.16. The minimum Gasteiger partial charge on any atom is -0.494 e. The highest BCUT2D eigenvalue weighted by Crippen LogP contribution is 2.36. The van der Waals surface area contributed by atoms with Gasteiger partial charge in [-0.1, -0.05) is 26.8 Å². The van der Waals surface area contributed by atoms with Crippen molar-refractivity contribution in [2.24, 2.45) is 10.7 Å². The van der Waals surface area contributed by atoms with Crippen molar-refractivity contribution in [1.82, 2.24) is 0 Å². The summed E-state index contributed by atoms with van der Waals surface area (Å²) in [6.45, 7) is 8.53. The predicted octanol–water partition coefficient (Wildman–Crippen LogP) is 2.92. The zero-order valence-corrected chi connectivity index (χ0v) is 10.7. The Morgan fingerprint density at radius 1 is 1.31 bits per heavy atom. The molecule has 1 aromatic rings. The van der Waals surface area contributed by atoms with Crippen molar-refractivity contribution >= 4 is 12.0 Å². The van der Waals surface area contributed by atoms with Gasteiger partial charge in [-0.15, -0.1) is 0 Å². The molecule has 88 valence electrons. The summed E-state index contributed by atoms with van der Waals surface area (Å²) in [7, 11) is 1.65. The van der Waals surface area contributed by atoms with Crippen molar-refractivity contribution in [3.63, 3.8) is 0 Å². The molecule has 2 N–H and O–H groups in total. The first-order valence-corrected chi connectivity index (χ1v) is 5.33. The molecule has 0 amide bonds. The zero-order chi connectivity index (χ0) is 12.3. The highest BCUT2D eigenvalue weighted by atomic mass is 16.5. The van der Waals surface area contributed by atoms with E-state index in [1.165, 1.54) is 11.9 Å². The van der Waals surface area contributed by atoms with Crippen LogP contribution in [0.3, 0.4) is 0 Å². The molecule has 1 rings (SSSR count). The van der Waals surface area contributed by atoms with Crippen molar-refractivity contribution in [2.45, 2.75) is 33.1 Å². The normalized spacial score (nSPS) is 12.1. The Labute approximate surface area is 97.3 Å².